The highest BCUT2D eigenvalue weighted by atomic mass is 19.1. The molecular weight excluding hydrogens is 338 g/mol. The van der Waals surface area contributed by atoms with E-state index in [1.807, 2.05) is 4.98 Å². The Balaban J connectivity index is 1.62. The molecule has 0 unspecified atom stereocenters. The molecule has 2 heterocycles. The molecule has 9 heteroatoms. The lowest BCUT2D eigenvalue weighted by molar-refractivity contribution is -0.0672. The second kappa shape index (κ2) is 7.26. The molecule has 1 fully saturated rings. The molecule has 134 valence electrons. The van der Waals surface area contributed by atoms with E-state index in [9.17, 15) is 23.5 Å². The highest BCUT2D eigenvalue weighted by Crippen LogP contribution is 2.28. The molecular formula is C16H16F2N2O5. The van der Waals surface area contributed by atoms with Gasteiger partial charge in [-0.2, -0.15) is 4.39 Å². The van der Waals surface area contributed by atoms with Gasteiger partial charge in [0.2, 0.25) is 5.82 Å². The van der Waals surface area contributed by atoms with Gasteiger partial charge in [0.25, 0.3) is 5.56 Å². The zero-order valence-corrected chi connectivity index (χ0v) is 13.0. The summed E-state index contributed by atoms with van der Waals surface area (Å²) < 4.78 is 38.6. The zero-order chi connectivity index (χ0) is 18.0. The van der Waals surface area contributed by atoms with Gasteiger partial charge in [-0.1, -0.05) is 18.2 Å². The molecule has 0 spiro atoms. The first-order valence-electron chi connectivity index (χ1n) is 7.61. The van der Waals surface area contributed by atoms with E-state index in [1.54, 1.807) is 18.2 Å². The van der Waals surface area contributed by atoms with Crippen LogP contribution in [0.2, 0.25) is 0 Å². The molecule has 2 N–H and O–H groups in total. The molecule has 1 aromatic heterocycles. The third kappa shape index (κ3) is 3.84. The molecule has 3 atom stereocenters. The van der Waals surface area contributed by atoms with E-state index in [4.69, 9.17) is 9.47 Å². The van der Waals surface area contributed by atoms with E-state index >= 15 is 0 Å². The van der Waals surface area contributed by atoms with Gasteiger partial charge >= 0.3 is 5.69 Å². The number of aromatic amines is 1. The minimum atomic E-state index is -1.13. The molecule has 0 amide bonds. The first kappa shape index (κ1) is 17.5. The number of halogens is 2. The predicted octanol–water partition coefficient (Wildman–Crippen LogP) is 0.680. The summed E-state index contributed by atoms with van der Waals surface area (Å²) in [6.45, 7) is -0.0380. The molecule has 1 aliphatic rings. The fourth-order valence-corrected chi connectivity index (χ4v) is 2.61. The Morgan fingerprint density at radius 1 is 1.28 bits per heavy atom. The van der Waals surface area contributed by atoms with Gasteiger partial charge in [-0.05, 0) is 6.07 Å². The molecule has 3 rings (SSSR count). The van der Waals surface area contributed by atoms with E-state index in [1.165, 1.54) is 6.07 Å². The van der Waals surface area contributed by atoms with Gasteiger partial charge < -0.3 is 14.6 Å². The van der Waals surface area contributed by atoms with Crippen molar-refractivity contribution in [3.8, 4) is 0 Å². The molecule has 25 heavy (non-hydrogen) atoms. The first-order valence-corrected chi connectivity index (χ1v) is 7.61. The van der Waals surface area contributed by atoms with E-state index in [-0.39, 0.29) is 19.6 Å². The molecule has 0 saturated carbocycles. The van der Waals surface area contributed by atoms with Crippen molar-refractivity contribution in [2.75, 3.05) is 6.61 Å². The second-order valence-electron chi connectivity index (χ2n) is 5.68. The van der Waals surface area contributed by atoms with Gasteiger partial charge in [0.15, 0.2) is 0 Å². The van der Waals surface area contributed by atoms with E-state index < -0.39 is 41.3 Å². The molecule has 0 aliphatic carbocycles. The van der Waals surface area contributed by atoms with Crippen molar-refractivity contribution in [2.24, 2.45) is 0 Å². The highest BCUT2D eigenvalue weighted by Gasteiger charge is 2.35. The summed E-state index contributed by atoms with van der Waals surface area (Å²) in [6, 6.07) is 6.13. The summed E-state index contributed by atoms with van der Waals surface area (Å²) in [5.41, 5.74) is -1.59. The fourth-order valence-electron chi connectivity index (χ4n) is 2.61. The third-order valence-electron chi connectivity index (χ3n) is 3.94. The lowest BCUT2D eigenvalue weighted by Gasteiger charge is -2.16. The van der Waals surface area contributed by atoms with Crippen LogP contribution < -0.4 is 11.2 Å². The summed E-state index contributed by atoms with van der Waals surface area (Å²) in [5, 5.41) is 10.0. The summed E-state index contributed by atoms with van der Waals surface area (Å²) in [4.78, 5) is 24.6. The molecule has 7 nitrogen and oxygen atoms in total. The molecule has 2 aromatic rings. The number of aliphatic hydroxyl groups excluding tert-OH is 1. The van der Waals surface area contributed by atoms with Crippen LogP contribution in [0.1, 0.15) is 18.2 Å². The van der Waals surface area contributed by atoms with Gasteiger partial charge in [-0.25, -0.2) is 9.18 Å². The molecule has 1 saturated heterocycles. The number of benzene rings is 1. The van der Waals surface area contributed by atoms with Crippen molar-refractivity contribution in [3.05, 3.63) is 68.5 Å². The second-order valence-corrected chi connectivity index (χ2v) is 5.68. The molecule has 0 bridgehead atoms. The largest absolute Gasteiger partial charge is 0.390 e. The van der Waals surface area contributed by atoms with Crippen LogP contribution in [0.5, 0.6) is 0 Å². The average molecular weight is 354 g/mol. The normalized spacial score (nSPS) is 23.1. The maximum absolute atomic E-state index is 13.5. The number of aliphatic hydroxyl groups is 1. The Morgan fingerprint density at radius 3 is 2.80 bits per heavy atom. The third-order valence-corrected chi connectivity index (χ3v) is 3.94. The molecule has 1 aromatic carbocycles. The van der Waals surface area contributed by atoms with E-state index in [0.29, 0.717) is 5.56 Å². The average Bonchev–Trinajstić information content (AvgIpc) is 2.93. The van der Waals surface area contributed by atoms with Gasteiger partial charge in [-0.3, -0.25) is 14.3 Å². The summed E-state index contributed by atoms with van der Waals surface area (Å²) in [7, 11) is 0. The number of H-pyrrole nitrogens is 1. The van der Waals surface area contributed by atoms with Crippen molar-refractivity contribution in [2.45, 2.75) is 31.5 Å². The predicted molar refractivity (Wildman–Crippen MR) is 81.9 cm³/mol. The van der Waals surface area contributed by atoms with Gasteiger partial charge in [0, 0.05) is 12.0 Å². The van der Waals surface area contributed by atoms with Crippen LogP contribution in [0.4, 0.5) is 8.78 Å². The van der Waals surface area contributed by atoms with Crippen LogP contribution in [0.15, 0.2) is 40.1 Å². The van der Waals surface area contributed by atoms with E-state index in [0.717, 1.165) is 10.8 Å². The van der Waals surface area contributed by atoms with Gasteiger partial charge in [0.1, 0.15) is 18.1 Å². The first-order chi connectivity index (χ1) is 12.0. The summed E-state index contributed by atoms with van der Waals surface area (Å²) >= 11 is 0. The van der Waals surface area contributed by atoms with Gasteiger partial charge in [-0.15, -0.1) is 0 Å². The van der Waals surface area contributed by atoms with Crippen molar-refractivity contribution in [3.63, 3.8) is 0 Å². The molecule has 0 radical (unpaired) electrons. The topological polar surface area (TPSA) is 93.6 Å². The Kier molecular flexibility index (Phi) is 5.07. The Labute approximate surface area is 140 Å². The standard InChI is InChI=1S/C16H16F2N2O5/c17-10-4-2-1-3-9(10)7-24-8-13-12(21)5-14(25-13)20-6-11(18)15(22)19-16(20)23/h1-4,6,12-14,21H,5,7-8H2,(H,19,22,23)/t12-,13+,14+/m0/s1. The quantitative estimate of drug-likeness (QED) is 0.824. The van der Waals surface area contributed by atoms with Crippen molar-refractivity contribution in [1.29, 1.82) is 0 Å². The fraction of sp³-hybridized carbons (Fsp3) is 0.375. The minimum Gasteiger partial charge on any atom is -0.390 e. The van der Waals surface area contributed by atoms with Crippen LogP contribution in [0.3, 0.4) is 0 Å². The Morgan fingerprint density at radius 2 is 2.04 bits per heavy atom. The zero-order valence-electron chi connectivity index (χ0n) is 13.0. The smallest absolute Gasteiger partial charge is 0.330 e. The van der Waals surface area contributed by atoms with Crippen molar-refractivity contribution in [1.82, 2.24) is 9.55 Å². The lowest BCUT2D eigenvalue weighted by atomic mass is 10.2. The number of hydrogen-bond acceptors (Lipinski definition) is 5. The maximum atomic E-state index is 13.5. The minimum absolute atomic E-state index is 0.00282. The number of nitrogens with zero attached hydrogens (tertiary/aromatic N) is 1. The number of ether oxygens (including phenoxy) is 2. The monoisotopic (exact) mass is 354 g/mol. The molecule has 1 aliphatic heterocycles. The van der Waals surface area contributed by atoms with Crippen LogP contribution in [-0.2, 0) is 16.1 Å². The number of rotatable bonds is 5. The lowest BCUT2D eigenvalue weighted by Crippen LogP contribution is -2.34. The van der Waals surface area contributed by atoms with Crippen LogP contribution >= 0.6 is 0 Å². The number of aromatic nitrogens is 2. The number of hydrogen-bond donors (Lipinski definition) is 2. The SMILES string of the molecule is O=c1[nH]c(=O)n([C@H]2C[C@H](O)[C@@H](COCc3ccccc3F)O2)cc1F. The number of nitrogens with one attached hydrogen (secondary N) is 1. The van der Waals surface area contributed by atoms with E-state index in [2.05, 4.69) is 0 Å². The van der Waals surface area contributed by atoms with Crippen molar-refractivity contribution < 1.29 is 23.4 Å². The maximum Gasteiger partial charge on any atom is 0.330 e. The Bertz CT molecular complexity index is 866. The highest BCUT2D eigenvalue weighted by molar-refractivity contribution is 5.16. The summed E-state index contributed by atoms with van der Waals surface area (Å²) in [5.74, 6) is -1.53. The van der Waals surface area contributed by atoms with Crippen LogP contribution in [0, 0.1) is 11.6 Å². The van der Waals surface area contributed by atoms with Crippen molar-refractivity contribution >= 4 is 0 Å². The summed E-state index contributed by atoms with van der Waals surface area (Å²) in [6.07, 6.45) is -1.89. The van der Waals surface area contributed by atoms with Gasteiger partial charge in [0.05, 0.1) is 25.5 Å². The van der Waals surface area contributed by atoms with Crippen LogP contribution in [-0.4, -0.2) is 33.5 Å². The Hall–Kier alpha value is -2.36. The van der Waals surface area contributed by atoms with Crippen LogP contribution in [0.25, 0.3) is 0 Å².